The molecule has 0 fully saturated rings. The van der Waals surface area contributed by atoms with Crippen molar-refractivity contribution in [1.29, 1.82) is 0 Å². The van der Waals surface area contributed by atoms with Gasteiger partial charge in [0.05, 0.1) is 10.6 Å². The van der Waals surface area contributed by atoms with Crippen LogP contribution in [0.2, 0.25) is 0 Å². The van der Waals surface area contributed by atoms with E-state index in [9.17, 15) is 8.42 Å². The van der Waals surface area contributed by atoms with Crippen LogP contribution in [0.1, 0.15) is 30.8 Å². The minimum Gasteiger partial charge on any atom is -0.357 e. The summed E-state index contributed by atoms with van der Waals surface area (Å²) in [4.78, 5) is 5.05. The Morgan fingerprint density at radius 3 is 2.40 bits per heavy atom. The zero-order valence-corrected chi connectivity index (χ0v) is 21.6. The Bertz CT molecular complexity index is 923. The lowest BCUT2D eigenvalue weighted by Gasteiger charge is -2.14. The number of sulfone groups is 1. The summed E-state index contributed by atoms with van der Waals surface area (Å²) in [6.07, 6.45) is 2.01. The number of aromatic nitrogens is 2. The van der Waals surface area contributed by atoms with Crippen LogP contribution in [0.15, 0.2) is 40.2 Å². The Hall–Kier alpha value is -1.62. The summed E-state index contributed by atoms with van der Waals surface area (Å²) in [5, 5.41) is 11.1. The second-order valence-electron chi connectivity index (χ2n) is 7.53. The molecule has 2 aromatic rings. The highest BCUT2D eigenvalue weighted by Gasteiger charge is 2.08. The van der Waals surface area contributed by atoms with Gasteiger partial charge in [0.25, 0.3) is 0 Å². The highest BCUT2D eigenvalue weighted by atomic mass is 127. The van der Waals surface area contributed by atoms with Gasteiger partial charge in [-0.05, 0) is 56.9 Å². The van der Waals surface area contributed by atoms with Crippen LogP contribution in [0.5, 0.6) is 0 Å². The van der Waals surface area contributed by atoms with E-state index in [4.69, 9.17) is 4.99 Å². The molecule has 0 saturated heterocycles. The maximum Gasteiger partial charge on any atom is 0.191 e. The van der Waals surface area contributed by atoms with Gasteiger partial charge in [0.1, 0.15) is 0 Å². The minimum atomic E-state index is -3.15. The predicted octanol–water partition coefficient (Wildman–Crippen LogP) is 2.96. The Balaban J connectivity index is 0.00000450. The first kappa shape index (κ1) is 26.4. The molecule has 0 aliphatic rings. The quantitative estimate of drug-likeness (QED) is 0.287. The molecule has 1 unspecified atom stereocenters. The summed E-state index contributed by atoms with van der Waals surface area (Å²) in [5.74, 6) is 1.16. The van der Waals surface area contributed by atoms with Gasteiger partial charge in [0, 0.05) is 38.1 Å². The molecule has 0 bridgehead atoms. The molecule has 1 aromatic carbocycles. The van der Waals surface area contributed by atoms with Crippen LogP contribution in [-0.2, 0) is 22.8 Å². The minimum absolute atomic E-state index is 0. The van der Waals surface area contributed by atoms with Gasteiger partial charge < -0.3 is 10.6 Å². The molecule has 30 heavy (non-hydrogen) atoms. The van der Waals surface area contributed by atoms with Crippen molar-refractivity contribution >= 4 is 39.8 Å². The molecule has 0 aliphatic heterocycles. The summed E-state index contributed by atoms with van der Waals surface area (Å²) in [5.41, 5.74) is 3.29. The second-order valence-corrected chi connectivity index (χ2v) is 9.54. The van der Waals surface area contributed by atoms with Gasteiger partial charge in [-0.3, -0.25) is 9.67 Å². The average molecular weight is 548 g/mol. The maximum atomic E-state index is 11.5. The molecule has 1 aromatic heterocycles. The number of benzene rings is 1. The number of aliphatic imine (C=N–C) groups is 1. The molecule has 168 valence electrons. The van der Waals surface area contributed by atoms with Crippen molar-refractivity contribution in [3.05, 3.63) is 47.3 Å². The third kappa shape index (κ3) is 8.63. The molecule has 2 N–H and O–H groups in total. The lowest BCUT2D eigenvalue weighted by Crippen LogP contribution is -2.38. The fraction of sp³-hybridized carbons (Fsp3) is 0.524. The van der Waals surface area contributed by atoms with Gasteiger partial charge in [0.2, 0.25) is 0 Å². The number of halogens is 1. The number of hydrogen-bond acceptors (Lipinski definition) is 4. The van der Waals surface area contributed by atoms with E-state index in [1.165, 1.54) is 11.9 Å². The van der Waals surface area contributed by atoms with E-state index in [-0.39, 0.29) is 24.0 Å². The topological polar surface area (TPSA) is 88.4 Å². The molecule has 9 heteroatoms. The second kappa shape index (κ2) is 12.3. The van der Waals surface area contributed by atoms with E-state index in [0.29, 0.717) is 17.4 Å². The molecule has 0 amide bonds. The number of nitrogens with zero attached hydrogens (tertiary/aromatic N) is 3. The first-order chi connectivity index (χ1) is 13.7. The van der Waals surface area contributed by atoms with Crippen LogP contribution in [0.25, 0.3) is 0 Å². The zero-order chi connectivity index (χ0) is 21.4. The Morgan fingerprint density at radius 2 is 1.87 bits per heavy atom. The monoisotopic (exact) mass is 547 g/mol. The molecule has 2 rings (SSSR count). The van der Waals surface area contributed by atoms with E-state index >= 15 is 0 Å². The largest absolute Gasteiger partial charge is 0.357 e. The highest BCUT2D eigenvalue weighted by molar-refractivity contribution is 14.0. The fourth-order valence-electron chi connectivity index (χ4n) is 3.03. The standard InChI is InChI=1S/C21H33N5O2S.HI/c1-6-22-21(24-14-16(2)15-26-18(4)13-17(3)25-26)23-12-11-19-7-9-20(10-8-19)29(5,27)28;/h7-10,13,16H,6,11-12,14-15H2,1-5H3,(H2,22,23,24);1H. The summed E-state index contributed by atoms with van der Waals surface area (Å²) in [6, 6.07) is 9.12. The Kier molecular flexibility index (Phi) is 10.8. The first-order valence-corrected chi connectivity index (χ1v) is 11.9. The van der Waals surface area contributed by atoms with Gasteiger partial charge in [-0.15, -0.1) is 24.0 Å². The number of rotatable bonds is 9. The molecule has 0 aliphatic carbocycles. The lowest BCUT2D eigenvalue weighted by molar-refractivity contribution is 0.449. The molecule has 1 heterocycles. The van der Waals surface area contributed by atoms with Crippen LogP contribution >= 0.6 is 24.0 Å². The number of nitrogens with one attached hydrogen (secondary N) is 2. The molecule has 7 nitrogen and oxygen atoms in total. The molecule has 0 spiro atoms. The third-order valence-corrected chi connectivity index (χ3v) is 5.68. The zero-order valence-electron chi connectivity index (χ0n) is 18.5. The van der Waals surface area contributed by atoms with Crippen LogP contribution in [0.4, 0.5) is 0 Å². The maximum absolute atomic E-state index is 11.5. The normalized spacial score (nSPS) is 12.9. The fourth-order valence-corrected chi connectivity index (χ4v) is 3.66. The van der Waals surface area contributed by atoms with Gasteiger partial charge >= 0.3 is 0 Å². The van der Waals surface area contributed by atoms with Gasteiger partial charge in [-0.1, -0.05) is 19.1 Å². The predicted molar refractivity (Wildman–Crippen MR) is 134 cm³/mol. The van der Waals surface area contributed by atoms with Crippen molar-refractivity contribution in [2.75, 3.05) is 25.9 Å². The van der Waals surface area contributed by atoms with Crippen LogP contribution in [0.3, 0.4) is 0 Å². The lowest BCUT2D eigenvalue weighted by atomic mass is 10.1. The van der Waals surface area contributed by atoms with E-state index in [1.54, 1.807) is 12.1 Å². The van der Waals surface area contributed by atoms with Crippen molar-refractivity contribution in [3.63, 3.8) is 0 Å². The van der Waals surface area contributed by atoms with E-state index < -0.39 is 9.84 Å². The van der Waals surface area contributed by atoms with Gasteiger partial charge in [-0.25, -0.2) is 8.42 Å². The Labute approximate surface area is 197 Å². The molecule has 1 atom stereocenters. The Morgan fingerprint density at radius 1 is 1.20 bits per heavy atom. The number of guanidine groups is 1. The van der Waals surface area contributed by atoms with Crippen molar-refractivity contribution in [1.82, 2.24) is 20.4 Å². The number of aryl methyl sites for hydroxylation is 2. The van der Waals surface area contributed by atoms with Crippen LogP contribution in [0, 0.1) is 19.8 Å². The third-order valence-electron chi connectivity index (χ3n) is 4.55. The first-order valence-electron chi connectivity index (χ1n) is 10.0. The summed E-state index contributed by atoms with van der Waals surface area (Å²) in [7, 11) is -3.15. The molecular formula is C21H34IN5O2S. The highest BCUT2D eigenvalue weighted by Crippen LogP contribution is 2.10. The van der Waals surface area contributed by atoms with Crippen molar-refractivity contribution < 1.29 is 8.42 Å². The van der Waals surface area contributed by atoms with Crippen LogP contribution in [-0.4, -0.2) is 50.0 Å². The summed E-state index contributed by atoms with van der Waals surface area (Å²) >= 11 is 0. The summed E-state index contributed by atoms with van der Waals surface area (Å²) in [6.45, 7) is 11.4. The van der Waals surface area contributed by atoms with Gasteiger partial charge in [-0.2, -0.15) is 5.10 Å². The molecular weight excluding hydrogens is 513 g/mol. The van der Waals surface area contributed by atoms with Crippen molar-refractivity contribution in [3.8, 4) is 0 Å². The SMILES string of the molecule is CCNC(=NCC(C)Cn1nc(C)cc1C)NCCc1ccc(S(C)(=O)=O)cc1.I. The van der Waals surface area contributed by atoms with E-state index in [1.807, 2.05) is 30.7 Å². The van der Waals surface area contributed by atoms with E-state index in [2.05, 4.69) is 35.6 Å². The molecule has 0 radical (unpaired) electrons. The van der Waals surface area contributed by atoms with Crippen molar-refractivity contribution in [2.24, 2.45) is 10.9 Å². The summed E-state index contributed by atoms with van der Waals surface area (Å²) < 4.78 is 25.1. The van der Waals surface area contributed by atoms with Gasteiger partial charge in [0.15, 0.2) is 15.8 Å². The average Bonchev–Trinajstić information content (AvgIpc) is 2.96. The smallest absolute Gasteiger partial charge is 0.191 e. The number of hydrogen-bond donors (Lipinski definition) is 2. The van der Waals surface area contributed by atoms with E-state index in [0.717, 1.165) is 43.3 Å². The molecule has 0 saturated carbocycles. The van der Waals surface area contributed by atoms with Crippen LogP contribution < -0.4 is 10.6 Å². The van der Waals surface area contributed by atoms with Crippen molar-refractivity contribution in [2.45, 2.75) is 45.6 Å².